The molecule has 0 saturated carbocycles. The van der Waals surface area contributed by atoms with Crippen molar-refractivity contribution in [1.29, 1.82) is 0 Å². The third-order valence-electron chi connectivity index (χ3n) is 3.65. The predicted molar refractivity (Wildman–Crippen MR) is 93.3 cm³/mol. The van der Waals surface area contributed by atoms with Crippen molar-refractivity contribution in [2.24, 2.45) is 5.92 Å². The standard InChI is InChI=1S/C17H25N3O5/c1-19(2)16(23)7-8-20(3)11-12(17(24)25)9-15(22)18-13-5-4-6-14(21)10-13/h4-6,10,12,21H,7-9,11H2,1-3H3,(H,18,22)(H,24,25)/t12-/m0/s1. The maximum absolute atomic E-state index is 12.0. The fourth-order valence-corrected chi connectivity index (χ4v) is 2.23. The third-order valence-corrected chi connectivity index (χ3v) is 3.65. The van der Waals surface area contributed by atoms with Crippen molar-refractivity contribution in [3.8, 4) is 5.75 Å². The number of nitrogens with zero attached hydrogens (tertiary/aromatic N) is 2. The molecule has 0 unspecified atom stereocenters. The van der Waals surface area contributed by atoms with Crippen LogP contribution in [-0.4, -0.2) is 72.0 Å². The Morgan fingerprint density at radius 3 is 2.44 bits per heavy atom. The molecule has 1 aromatic rings. The number of hydrogen-bond donors (Lipinski definition) is 3. The zero-order valence-electron chi connectivity index (χ0n) is 14.7. The Labute approximate surface area is 147 Å². The molecule has 0 fully saturated rings. The first-order valence-corrected chi connectivity index (χ1v) is 7.89. The molecule has 1 rings (SSSR count). The van der Waals surface area contributed by atoms with Crippen LogP contribution in [0.1, 0.15) is 12.8 Å². The molecule has 25 heavy (non-hydrogen) atoms. The predicted octanol–water partition coefficient (Wildman–Crippen LogP) is 0.832. The normalized spacial score (nSPS) is 11.8. The number of carboxylic acids is 1. The van der Waals surface area contributed by atoms with Crippen molar-refractivity contribution < 1.29 is 24.6 Å². The number of rotatable bonds is 9. The van der Waals surface area contributed by atoms with E-state index < -0.39 is 17.8 Å². The summed E-state index contributed by atoms with van der Waals surface area (Å²) in [4.78, 5) is 38.2. The molecule has 3 N–H and O–H groups in total. The highest BCUT2D eigenvalue weighted by atomic mass is 16.4. The number of amides is 2. The van der Waals surface area contributed by atoms with E-state index in [1.807, 2.05) is 0 Å². The first kappa shape index (κ1) is 20.4. The molecule has 1 aromatic carbocycles. The summed E-state index contributed by atoms with van der Waals surface area (Å²) in [5.41, 5.74) is 0.402. The first-order chi connectivity index (χ1) is 11.7. The average Bonchev–Trinajstić information content (AvgIpc) is 2.51. The van der Waals surface area contributed by atoms with Gasteiger partial charge in [0.15, 0.2) is 0 Å². The van der Waals surface area contributed by atoms with E-state index in [0.29, 0.717) is 12.2 Å². The van der Waals surface area contributed by atoms with Gasteiger partial charge in [-0.1, -0.05) is 6.07 Å². The fraction of sp³-hybridized carbons (Fsp3) is 0.471. The Hall–Kier alpha value is -2.61. The lowest BCUT2D eigenvalue weighted by Crippen LogP contribution is -2.35. The summed E-state index contributed by atoms with van der Waals surface area (Å²) in [6.45, 7) is 0.568. The highest BCUT2D eigenvalue weighted by molar-refractivity contribution is 5.93. The molecular formula is C17H25N3O5. The molecule has 1 atom stereocenters. The van der Waals surface area contributed by atoms with Gasteiger partial charge in [0.25, 0.3) is 0 Å². The molecule has 0 spiro atoms. The number of nitrogens with one attached hydrogen (secondary N) is 1. The molecule has 0 aromatic heterocycles. The van der Waals surface area contributed by atoms with Crippen LogP contribution in [0.25, 0.3) is 0 Å². The van der Waals surface area contributed by atoms with Gasteiger partial charge in [-0.15, -0.1) is 0 Å². The minimum Gasteiger partial charge on any atom is -0.508 e. The van der Waals surface area contributed by atoms with Gasteiger partial charge in [-0.25, -0.2) is 0 Å². The number of phenolic OH excluding ortho intramolecular Hbond substituents is 1. The lowest BCUT2D eigenvalue weighted by molar-refractivity contribution is -0.144. The van der Waals surface area contributed by atoms with Gasteiger partial charge >= 0.3 is 5.97 Å². The van der Waals surface area contributed by atoms with Gasteiger partial charge in [0.1, 0.15) is 5.75 Å². The van der Waals surface area contributed by atoms with E-state index in [1.54, 1.807) is 38.2 Å². The van der Waals surface area contributed by atoms with Gasteiger partial charge in [0.05, 0.1) is 5.92 Å². The van der Waals surface area contributed by atoms with Gasteiger partial charge < -0.3 is 25.3 Å². The third kappa shape index (κ3) is 7.67. The summed E-state index contributed by atoms with van der Waals surface area (Å²) < 4.78 is 0. The molecule has 0 radical (unpaired) electrons. The maximum Gasteiger partial charge on any atom is 0.308 e. The Kier molecular flexibility index (Phi) is 7.87. The van der Waals surface area contributed by atoms with Crippen LogP contribution in [0.4, 0.5) is 5.69 Å². The lowest BCUT2D eigenvalue weighted by Gasteiger charge is -2.21. The highest BCUT2D eigenvalue weighted by Gasteiger charge is 2.23. The SMILES string of the molecule is CN(CCC(=O)N(C)C)C[C@H](CC(=O)Nc1cccc(O)c1)C(=O)O. The fourth-order valence-electron chi connectivity index (χ4n) is 2.23. The van der Waals surface area contributed by atoms with Crippen molar-refractivity contribution in [2.45, 2.75) is 12.8 Å². The summed E-state index contributed by atoms with van der Waals surface area (Å²) in [5.74, 6) is -2.44. The van der Waals surface area contributed by atoms with E-state index in [9.17, 15) is 24.6 Å². The average molecular weight is 351 g/mol. The van der Waals surface area contributed by atoms with Crippen LogP contribution in [0.5, 0.6) is 5.75 Å². The monoisotopic (exact) mass is 351 g/mol. The van der Waals surface area contributed by atoms with Crippen LogP contribution in [0.15, 0.2) is 24.3 Å². The zero-order chi connectivity index (χ0) is 19.0. The number of hydrogen-bond acceptors (Lipinski definition) is 5. The number of carbonyl (C=O) groups excluding carboxylic acids is 2. The van der Waals surface area contributed by atoms with Crippen LogP contribution in [0.2, 0.25) is 0 Å². The number of carboxylic acid groups (broad SMARTS) is 1. The van der Waals surface area contributed by atoms with Crippen molar-refractivity contribution in [2.75, 3.05) is 39.5 Å². The minimum absolute atomic E-state index is 0.0119. The van der Waals surface area contributed by atoms with Crippen LogP contribution < -0.4 is 5.32 Å². The topological polar surface area (TPSA) is 110 Å². The molecule has 8 nitrogen and oxygen atoms in total. The number of aliphatic carboxylic acids is 1. The van der Waals surface area contributed by atoms with Crippen LogP contribution >= 0.6 is 0 Å². The van der Waals surface area contributed by atoms with Gasteiger partial charge in [0.2, 0.25) is 11.8 Å². The van der Waals surface area contributed by atoms with Gasteiger partial charge in [-0.2, -0.15) is 0 Å². The van der Waals surface area contributed by atoms with Gasteiger partial charge in [0, 0.05) is 51.8 Å². The van der Waals surface area contributed by atoms with Crippen molar-refractivity contribution in [3.63, 3.8) is 0 Å². The molecular weight excluding hydrogens is 326 g/mol. The van der Waals surface area contributed by atoms with Crippen molar-refractivity contribution >= 4 is 23.5 Å². The first-order valence-electron chi connectivity index (χ1n) is 7.89. The summed E-state index contributed by atoms with van der Waals surface area (Å²) in [7, 11) is 5.04. The Morgan fingerprint density at radius 1 is 1.20 bits per heavy atom. The van der Waals surface area contributed by atoms with E-state index in [2.05, 4.69) is 5.32 Å². The van der Waals surface area contributed by atoms with Crippen molar-refractivity contribution in [1.82, 2.24) is 9.80 Å². The number of phenols is 1. The Bertz CT molecular complexity index is 618. The highest BCUT2D eigenvalue weighted by Crippen LogP contribution is 2.16. The van der Waals surface area contributed by atoms with Gasteiger partial charge in [-0.3, -0.25) is 14.4 Å². The maximum atomic E-state index is 12.0. The Balaban J connectivity index is 2.54. The second kappa shape index (κ2) is 9.63. The second-order valence-corrected chi connectivity index (χ2v) is 6.14. The van der Waals surface area contributed by atoms with Crippen molar-refractivity contribution in [3.05, 3.63) is 24.3 Å². The zero-order valence-corrected chi connectivity index (χ0v) is 14.7. The molecule has 0 saturated heterocycles. The van der Waals surface area contributed by atoms with E-state index in [0.717, 1.165) is 0 Å². The minimum atomic E-state index is -1.07. The number of carbonyl (C=O) groups is 3. The number of aromatic hydroxyl groups is 1. The second-order valence-electron chi connectivity index (χ2n) is 6.14. The molecule has 2 amide bonds. The molecule has 0 aliphatic heterocycles. The van der Waals surface area contributed by atoms with E-state index in [-0.39, 0.29) is 31.0 Å². The molecule has 0 heterocycles. The van der Waals surface area contributed by atoms with E-state index in [4.69, 9.17) is 0 Å². The van der Waals surface area contributed by atoms with Crippen LogP contribution in [0.3, 0.4) is 0 Å². The quantitative estimate of drug-likeness (QED) is 0.608. The van der Waals surface area contributed by atoms with Crippen LogP contribution in [-0.2, 0) is 14.4 Å². The summed E-state index contributed by atoms with van der Waals surface area (Å²) in [6, 6.07) is 6.04. The lowest BCUT2D eigenvalue weighted by atomic mass is 10.0. The Morgan fingerprint density at radius 2 is 1.88 bits per heavy atom. The summed E-state index contributed by atoms with van der Waals surface area (Å²) >= 11 is 0. The van der Waals surface area contributed by atoms with Crippen LogP contribution in [0, 0.1) is 5.92 Å². The summed E-state index contributed by atoms with van der Waals surface area (Å²) in [5, 5.41) is 21.3. The molecule has 138 valence electrons. The smallest absolute Gasteiger partial charge is 0.308 e. The number of anilines is 1. The van der Waals surface area contributed by atoms with Gasteiger partial charge in [-0.05, 0) is 19.2 Å². The molecule has 8 heteroatoms. The molecule has 0 bridgehead atoms. The van der Waals surface area contributed by atoms with E-state index >= 15 is 0 Å². The largest absolute Gasteiger partial charge is 0.508 e. The molecule has 0 aliphatic rings. The summed E-state index contributed by atoms with van der Waals surface area (Å²) in [6.07, 6.45) is 0.0856. The van der Waals surface area contributed by atoms with E-state index in [1.165, 1.54) is 17.0 Å². The number of benzene rings is 1. The molecule has 0 aliphatic carbocycles.